The molecule has 2 amide bonds. The van der Waals surface area contributed by atoms with E-state index in [2.05, 4.69) is 31.5 Å². The van der Waals surface area contributed by atoms with Gasteiger partial charge < -0.3 is 15.7 Å². The van der Waals surface area contributed by atoms with Crippen molar-refractivity contribution in [3.8, 4) is 0 Å². The molecule has 1 heterocycles. The van der Waals surface area contributed by atoms with Crippen molar-refractivity contribution in [3.63, 3.8) is 0 Å². The van der Waals surface area contributed by atoms with Gasteiger partial charge in [-0.1, -0.05) is 12.1 Å². The molecule has 0 aliphatic heterocycles. The van der Waals surface area contributed by atoms with E-state index in [0.29, 0.717) is 10.2 Å². The van der Waals surface area contributed by atoms with E-state index in [0.717, 1.165) is 0 Å². The highest BCUT2D eigenvalue weighted by Gasteiger charge is 2.15. The summed E-state index contributed by atoms with van der Waals surface area (Å²) in [5.74, 6) is -1.11. The number of carbonyl (C=O) groups is 2. The number of nitrogens with zero attached hydrogens (tertiary/aromatic N) is 1. The average Bonchev–Trinajstić information content (AvgIpc) is 2.48. The predicted octanol–water partition coefficient (Wildman–Crippen LogP) is 2.86. The van der Waals surface area contributed by atoms with Gasteiger partial charge in [0.25, 0.3) is 0 Å². The van der Waals surface area contributed by atoms with Crippen LogP contribution in [-0.4, -0.2) is 22.1 Å². The zero-order valence-electron chi connectivity index (χ0n) is 10.8. The Balaban J connectivity index is 2.05. The van der Waals surface area contributed by atoms with Crippen LogP contribution < -0.4 is 10.6 Å². The molecule has 0 bridgehead atoms. The largest absolute Gasteiger partial charge is 0.478 e. The lowest BCUT2D eigenvalue weighted by molar-refractivity contribution is 0.0698. The third kappa shape index (κ3) is 4.03. The molecule has 1 aromatic carbocycles. The molecule has 0 radical (unpaired) electrons. The van der Waals surface area contributed by atoms with E-state index in [9.17, 15) is 9.59 Å². The maximum absolute atomic E-state index is 11.8. The zero-order chi connectivity index (χ0) is 15.2. The molecular formula is C14H12BrN3O3. The van der Waals surface area contributed by atoms with Crippen LogP contribution in [0.4, 0.5) is 10.5 Å². The summed E-state index contributed by atoms with van der Waals surface area (Å²) in [4.78, 5) is 27.1. The molecule has 0 atom stereocenters. The molecule has 108 valence electrons. The van der Waals surface area contributed by atoms with Gasteiger partial charge in [-0.15, -0.1) is 0 Å². The molecule has 3 N–H and O–H groups in total. The smallest absolute Gasteiger partial charge is 0.337 e. The van der Waals surface area contributed by atoms with Crippen LogP contribution in [0.15, 0.2) is 47.1 Å². The van der Waals surface area contributed by atoms with E-state index in [-0.39, 0.29) is 17.8 Å². The molecule has 2 rings (SSSR count). The van der Waals surface area contributed by atoms with Crippen molar-refractivity contribution < 1.29 is 14.7 Å². The summed E-state index contributed by atoms with van der Waals surface area (Å²) in [6.45, 7) is 0.250. The molecule has 2 aromatic rings. The molecule has 0 spiro atoms. The Morgan fingerprint density at radius 3 is 2.67 bits per heavy atom. The number of pyridine rings is 1. The van der Waals surface area contributed by atoms with E-state index in [1.54, 1.807) is 30.5 Å². The van der Waals surface area contributed by atoms with E-state index in [1.165, 1.54) is 6.07 Å². The fourth-order valence-electron chi connectivity index (χ4n) is 1.66. The van der Waals surface area contributed by atoms with Gasteiger partial charge in [0.05, 0.1) is 23.5 Å². The number of carbonyl (C=O) groups excluding carboxylic acids is 1. The van der Waals surface area contributed by atoms with Crippen LogP contribution in [0.5, 0.6) is 0 Å². The predicted molar refractivity (Wildman–Crippen MR) is 81.2 cm³/mol. The van der Waals surface area contributed by atoms with Crippen molar-refractivity contribution in [3.05, 3.63) is 58.3 Å². The highest BCUT2D eigenvalue weighted by molar-refractivity contribution is 9.10. The number of carboxylic acids is 1. The third-order valence-corrected chi connectivity index (χ3v) is 3.30. The van der Waals surface area contributed by atoms with Crippen molar-refractivity contribution in [1.29, 1.82) is 0 Å². The second-order valence-electron chi connectivity index (χ2n) is 4.10. The van der Waals surface area contributed by atoms with E-state index in [4.69, 9.17) is 5.11 Å². The number of aromatic nitrogens is 1. The van der Waals surface area contributed by atoms with Crippen LogP contribution in [0.3, 0.4) is 0 Å². The number of halogens is 1. The average molecular weight is 350 g/mol. The molecule has 0 unspecified atom stereocenters. The number of aromatic carboxylic acids is 1. The lowest BCUT2D eigenvalue weighted by Crippen LogP contribution is -2.29. The molecule has 0 aliphatic carbocycles. The Morgan fingerprint density at radius 1 is 1.19 bits per heavy atom. The van der Waals surface area contributed by atoms with Gasteiger partial charge in [0.15, 0.2) is 0 Å². The number of para-hydroxylation sites is 1. The van der Waals surface area contributed by atoms with E-state index < -0.39 is 12.0 Å². The van der Waals surface area contributed by atoms with Crippen LogP contribution in [0.1, 0.15) is 16.1 Å². The van der Waals surface area contributed by atoms with Crippen molar-refractivity contribution in [1.82, 2.24) is 10.3 Å². The van der Waals surface area contributed by atoms with Gasteiger partial charge in [0.2, 0.25) is 0 Å². The molecule has 21 heavy (non-hydrogen) atoms. The number of carboxylic acid groups (broad SMARTS) is 1. The first-order valence-corrected chi connectivity index (χ1v) is 6.84. The number of anilines is 1. The second kappa shape index (κ2) is 6.85. The van der Waals surface area contributed by atoms with Crippen molar-refractivity contribution in [2.75, 3.05) is 5.32 Å². The van der Waals surface area contributed by atoms with Gasteiger partial charge in [-0.3, -0.25) is 4.98 Å². The maximum Gasteiger partial charge on any atom is 0.337 e. The van der Waals surface area contributed by atoms with E-state index >= 15 is 0 Å². The van der Waals surface area contributed by atoms with Gasteiger partial charge in [-0.25, -0.2) is 9.59 Å². The number of rotatable bonds is 4. The normalized spacial score (nSPS) is 9.95. The highest BCUT2D eigenvalue weighted by Crippen LogP contribution is 2.26. The molecule has 0 aliphatic rings. The van der Waals surface area contributed by atoms with Crippen LogP contribution in [0, 0.1) is 0 Å². The Hall–Kier alpha value is -2.41. The first-order valence-electron chi connectivity index (χ1n) is 6.04. The number of nitrogens with one attached hydrogen (secondary N) is 2. The maximum atomic E-state index is 11.8. The first kappa shape index (κ1) is 15.0. The molecule has 0 saturated heterocycles. The molecule has 0 fully saturated rings. The minimum absolute atomic E-state index is 0.0114. The molecular weight excluding hydrogens is 338 g/mol. The summed E-state index contributed by atoms with van der Waals surface area (Å²) in [6, 6.07) is 9.53. The second-order valence-corrected chi connectivity index (χ2v) is 4.95. The minimum atomic E-state index is -1.11. The monoisotopic (exact) mass is 349 g/mol. The van der Waals surface area contributed by atoms with Gasteiger partial charge in [0, 0.05) is 10.7 Å². The summed E-state index contributed by atoms with van der Waals surface area (Å²) in [5.41, 5.74) is 0.930. The Labute approximate surface area is 129 Å². The number of hydrogen-bond donors (Lipinski definition) is 3. The molecule has 7 heteroatoms. The fraction of sp³-hybridized carbons (Fsp3) is 0.0714. The summed E-state index contributed by atoms with van der Waals surface area (Å²) in [5, 5.41) is 14.2. The van der Waals surface area contributed by atoms with Crippen molar-refractivity contribution in [2.45, 2.75) is 6.54 Å². The highest BCUT2D eigenvalue weighted by atomic mass is 79.9. The fourth-order valence-corrected chi connectivity index (χ4v) is 2.13. The zero-order valence-corrected chi connectivity index (χ0v) is 12.4. The molecule has 6 nitrogen and oxygen atoms in total. The SMILES string of the molecule is O=C(NCc1ccccn1)Nc1c(Br)cccc1C(=O)O. The van der Waals surface area contributed by atoms with E-state index in [1.807, 2.05) is 6.07 Å². The van der Waals surface area contributed by atoms with Crippen molar-refractivity contribution >= 4 is 33.6 Å². The number of urea groups is 1. The van der Waals surface area contributed by atoms with Crippen LogP contribution >= 0.6 is 15.9 Å². The number of benzene rings is 1. The quantitative estimate of drug-likeness (QED) is 0.791. The first-order chi connectivity index (χ1) is 10.1. The van der Waals surface area contributed by atoms with Gasteiger partial charge in [-0.2, -0.15) is 0 Å². The Morgan fingerprint density at radius 2 is 2.00 bits per heavy atom. The third-order valence-electron chi connectivity index (χ3n) is 2.64. The molecule has 1 aromatic heterocycles. The summed E-state index contributed by atoms with van der Waals surface area (Å²) in [6.07, 6.45) is 1.63. The topological polar surface area (TPSA) is 91.3 Å². The van der Waals surface area contributed by atoms with Crippen molar-refractivity contribution in [2.24, 2.45) is 0 Å². The van der Waals surface area contributed by atoms with Gasteiger partial charge in [-0.05, 0) is 40.2 Å². The van der Waals surface area contributed by atoms with Crippen LogP contribution in [0.2, 0.25) is 0 Å². The summed E-state index contributed by atoms with van der Waals surface area (Å²) < 4.78 is 0.496. The standard InChI is InChI=1S/C14H12BrN3O3/c15-11-6-3-5-10(13(19)20)12(11)18-14(21)17-8-9-4-1-2-7-16-9/h1-7H,8H2,(H,19,20)(H2,17,18,21). The molecule has 0 saturated carbocycles. The summed E-state index contributed by atoms with van der Waals surface area (Å²) >= 11 is 3.22. The number of hydrogen-bond acceptors (Lipinski definition) is 3. The lowest BCUT2D eigenvalue weighted by Gasteiger charge is -2.11. The van der Waals surface area contributed by atoms with Gasteiger partial charge in [0.1, 0.15) is 0 Å². The Bertz CT molecular complexity index is 662. The number of amides is 2. The van der Waals surface area contributed by atoms with Crippen LogP contribution in [0.25, 0.3) is 0 Å². The lowest BCUT2D eigenvalue weighted by atomic mass is 10.2. The Kier molecular flexibility index (Phi) is 4.89. The van der Waals surface area contributed by atoms with Crippen LogP contribution in [-0.2, 0) is 6.54 Å². The minimum Gasteiger partial charge on any atom is -0.478 e. The van der Waals surface area contributed by atoms with Gasteiger partial charge >= 0.3 is 12.0 Å². The summed E-state index contributed by atoms with van der Waals surface area (Å²) in [7, 11) is 0.